The first kappa shape index (κ1) is 76.6. The Morgan fingerprint density at radius 2 is 0.500 bits per heavy atom. The van der Waals surface area contributed by atoms with E-state index in [0.29, 0.717) is 120 Å². The number of anilines is 4. The van der Waals surface area contributed by atoms with Crippen molar-refractivity contribution >= 4 is 90.2 Å². The maximum Gasteiger partial charge on any atom is 0.341 e. The molecule has 12 heterocycles. The van der Waals surface area contributed by atoms with E-state index in [1.165, 1.54) is 24.8 Å². The number of hydrogen-bond donors (Lipinski definition) is 4. The minimum atomic E-state index is -1.32. The van der Waals surface area contributed by atoms with Gasteiger partial charge in [0.1, 0.15) is 71.4 Å². The number of pyridine rings is 4. The molecular weight excluding hydrogens is 1400 g/mol. The van der Waals surface area contributed by atoms with Crippen LogP contribution in [0.5, 0.6) is 23.0 Å². The number of nitrogens with zero attached hydrogens (tertiary/aromatic N) is 12. The molecule has 4 aromatic heterocycles. The molecule has 4 fully saturated rings. The zero-order valence-electron chi connectivity index (χ0n) is 59.6. The van der Waals surface area contributed by atoms with E-state index in [9.17, 15) is 76.3 Å². The van der Waals surface area contributed by atoms with Crippen LogP contribution in [0.1, 0.15) is 93.3 Å². The number of likely N-dealkylation sites (N-methyl/N-ethyl adjacent to an activating group) is 4. The molecule has 30 nitrogen and oxygen atoms in total. The second-order valence-corrected chi connectivity index (χ2v) is 27.9. The van der Waals surface area contributed by atoms with Gasteiger partial charge in [-0.1, -0.05) is 0 Å². The van der Waals surface area contributed by atoms with Crippen molar-refractivity contribution in [3.8, 4) is 23.0 Å². The number of carbonyl (C=O) groups is 4. The molecule has 0 amide bonds. The van der Waals surface area contributed by atoms with Gasteiger partial charge in [-0.15, -0.1) is 0 Å². The molecule has 8 N–H and O–H groups in total. The summed E-state index contributed by atoms with van der Waals surface area (Å²) in [7, 11) is 8.06. The van der Waals surface area contributed by atoms with Crippen LogP contribution in [-0.2, 0) is 0 Å². The Hall–Kier alpha value is -10.5. The van der Waals surface area contributed by atoms with Crippen LogP contribution < -0.4 is 60.3 Å². The van der Waals surface area contributed by atoms with Crippen LogP contribution in [0.3, 0.4) is 0 Å². The largest absolute Gasteiger partial charge is 0.487 e. The highest BCUT2D eigenvalue weighted by molar-refractivity contribution is 6.01. The van der Waals surface area contributed by atoms with Crippen molar-refractivity contribution in [3.63, 3.8) is 0 Å². The summed E-state index contributed by atoms with van der Waals surface area (Å²) in [5.74, 6) is -6.17. The molecule has 106 heavy (non-hydrogen) atoms. The lowest BCUT2D eigenvalue weighted by atomic mass is 10.1. The smallest absolute Gasteiger partial charge is 0.341 e. The predicted octanol–water partition coefficient (Wildman–Crippen LogP) is 4.53. The van der Waals surface area contributed by atoms with Crippen LogP contribution >= 0.6 is 0 Å². The van der Waals surface area contributed by atoms with Crippen LogP contribution in [-0.4, -0.2) is 252 Å². The summed E-state index contributed by atoms with van der Waals surface area (Å²) in [6.07, 6.45) is 5.37. The van der Waals surface area contributed by atoms with E-state index in [0.717, 1.165) is 76.6 Å². The second kappa shape index (κ2) is 30.1. The topological polar surface area (TPSA) is 363 Å². The molecule has 0 aliphatic carbocycles. The molecule has 16 rings (SSSR count). The van der Waals surface area contributed by atoms with Gasteiger partial charge in [-0.25, -0.2) is 36.7 Å². The van der Waals surface area contributed by atoms with Gasteiger partial charge in [0, 0.05) is 130 Å². The van der Waals surface area contributed by atoms with Crippen molar-refractivity contribution in [2.24, 2.45) is 0 Å². The Labute approximate surface area is 602 Å². The summed E-state index contributed by atoms with van der Waals surface area (Å²) < 4.78 is 90.2. The third-order valence-electron chi connectivity index (χ3n) is 20.8. The molecule has 0 spiro atoms. The lowest BCUT2D eigenvalue weighted by molar-refractivity contribution is 0.0683. The van der Waals surface area contributed by atoms with E-state index < -0.39 is 68.9 Å². The summed E-state index contributed by atoms with van der Waals surface area (Å²) >= 11 is 0. The maximum atomic E-state index is 15.0. The molecule has 0 radical (unpaired) electrons. The number of aromatic nitrogens is 4. The fraction of sp³-hybridized carbons (Fsp3) is 0.444. The standard InChI is InChI=1S/4C18H20FN3O4.2H2O/c4*1-10-9-26-17-14-11(16(23)12(18(24)25)8-22(10)14)7-13(19)15(17)21-5-3-20(2)4-6-21;;/h4*7-8,10H,3-6,9H2,1-2H3,(H,24,25);2*1H2/t4*10-;;/m0000../s1. The Balaban J connectivity index is 0.000000140. The van der Waals surface area contributed by atoms with Crippen LogP contribution in [0.4, 0.5) is 40.3 Å². The van der Waals surface area contributed by atoms with E-state index in [1.807, 2.05) is 75.5 Å². The number of aromatic carboxylic acids is 4. The quantitative estimate of drug-likeness (QED) is 0.152. The Kier molecular flexibility index (Phi) is 21.8. The number of carboxylic acids is 4. The van der Waals surface area contributed by atoms with Gasteiger partial charge in [0.05, 0.1) is 67.8 Å². The van der Waals surface area contributed by atoms with Crippen LogP contribution in [0.25, 0.3) is 43.6 Å². The molecule has 4 saturated heterocycles. The van der Waals surface area contributed by atoms with Gasteiger partial charge in [-0.3, -0.25) is 19.2 Å². The van der Waals surface area contributed by atoms with Crippen LogP contribution in [0.15, 0.2) is 68.2 Å². The van der Waals surface area contributed by atoms with Crippen molar-refractivity contribution < 1.29 is 87.1 Å². The molecule has 8 aliphatic heterocycles. The molecule has 8 aliphatic rings. The first-order valence-electron chi connectivity index (χ1n) is 34.4. The molecule has 34 heteroatoms. The van der Waals surface area contributed by atoms with Crippen LogP contribution in [0, 0.1) is 23.3 Å². The number of rotatable bonds is 8. The molecule has 4 atom stereocenters. The molecule has 0 unspecified atom stereocenters. The zero-order valence-corrected chi connectivity index (χ0v) is 59.6. The van der Waals surface area contributed by atoms with Crippen molar-refractivity contribution in [2.45, 2.75) is 51.9 Å². The average molecular weight is 1480 g/mol. The lowest BCUT2D eigenvalue weighted by Gasteiger charge is -2.37. The van der Waals surface area contributed by atoms with Crippen LogP contribution in [0.2, 0.25) is 0 Å². The molecule has 4 aromatic carbocycles. The van der Waals surface area contributed by atoms with Gasteiger partial charge in [0.2, 0.25) is 21.7 Å². The Morgan fingerprint density at radius 1 is 0.330 bits per heavy atom. The first-order valence-corrected chi connectivity index (χ1v) is 34.4. The number of hydrogen-bond acceptors (Lipinski definition) is 20. The summed E-state index contributed by atoms with van der Waals surface area (Å²) in [6.45, 7) is 20.3. The van der Waals surface area contributed by atoms with E-state index in [4.69, 9.17) is 18.9 Å². The predicted molar refractivity (Wildman–Crippen MR) is 387 cm³/mol. The number of ether oxygens (including phenoxy) is 4. The number of piperazine rings is 4. The van der Waals surface area contributed by atoms with E-state index in [2.05, 4.69) is 19.6 Å². The fourth-order valence-electron chi connectivity index (χ4n) is 14.8. The van der Waals surface area contributed by atoms with Gasteiger partial charge in [-0.2, -0.15) is 0 Å². The molecule has 8 aromatic rings. The first-order chi connectivity index (χ1) is 49.5. The highest BCUT2D eigenvalue weighted by atomic mass is 19.1. The highest BCUT2D eigenvalue weighted by Gasteiger charge is 2.37. The van der Waals surface area contributed by atoms with Gasteiger partial charge >= 0.3 is 23.9 Å². The van der Waals surface area contributed by atoms with Crippen molar-refractivity contribution in [1.82, 2.24) is 37.9 Å². The zero-order chi connectivity index (χ0) is 74.3. The summed E-state index contributed by atoms with van der Waals surface area (Å²) in [5.41, 5.74) is -0.895. The number of halogens is 4. The van der Waals surface area contributed by atoms with E-state index in [-0.39, 0.29) is 105 Å². The summed E-state index contributed by atoms with van der Waals surface area (Å²) in [5, 5.41) is 37.5. The van der Waals surface area contributed by atoms with Crippen molar-refractivity contribution in [1.29, 1.82) is 0 Å². The number of carboxylic acid groups (broad SMARTS) is 4. The minimum Gasteiger partial charge on any atom is -0.487 e. The van der Waals surface area contributed by atoms with Gasteiger partial charge in [-0.05, 0) is 80.2 Å². The molecular formula is C72H84F4N12O18. The van der Waals surface area contributed by atoms with Gasteiger partial charge in [0.25, 0.3) is 0 Å². The Bertz CT molecular complexity index is 4490. The fourth-order valence-corrected chi connectivity index (χ4v) is 14.8. The Morgan fingerprint density at radius 3 is 0.660 bits per heavy atom. The minimum absolute atomic E-state index is 0. The van der Waals surface area contributed by atoms with Gasteiger partial charge in [0.15, 0.2) is 46.3 Å². The third kappa shape index (κ3) is 13.7. The SMILES string of the molecule is C[C@H]1COc2c(N3CCN(C)CC3)c(F)cc3c(=O)c(C(=O)O)cn1c23.C[C@H]1COc2c(N3CCN(C)CC3)c(F)cc3c(=O)c(C(=O)O)cn1c23.C[C@H]1COc2c(N3CCN(C)CC3)c(F)cc3c(=O)c(C(=O)O)cn1c23.C[C@H]1COc2c(N3CCN(C)CC3)c(F)cc3c(=O)c(C(=O)O)cn1c23.O.O. The molecule has 0 saturated carbocycles. The third-order valence-corrected chi connectivity index (χ3v) is 20.8. The summed E-state index contributed by atoms with van der Waals surface area (Å²) in [6, 6.07) is 3.98. The van der Waals surface area contributed by atoms with Crippen molar-refractivity contribution in [3.05, 3.63) is 135 Å². The summed E-state index contributed by atoms with van der Waals surface area (Å²) in [4.78, 5) is 112. The highest BCUT2D eigenvalue weighted by Crippen LogP contribution is 2.47. The lowest BCUT2D eigenvalue weighted by Crippen LogP contribution is -2.45. The number of benzene rings is 4. The maximum absolute atomic E-state index is 15.0. The molecule has 0 bridgehead atoms. The average Bonchev–Trinajstić information content (AvgIpc) is 0.751. The van der Waals surface area contributed by atoms with E-state index in [1.54, 1.807) is 18.3 Å². The molecule has 568 valence electrons. The van der Waals surface area contributed by atoms with Crippen molar-refractivity contribution in [2.75, 3.05) is 179 Å². The normalized spacial score (nSPS) is 19.9. The van der Waals surface area contributed by atoms with E-state index >= 15 is 0 Å². The monoisotopic (exact) mass is 1480 g/mol. The second-order valence-electron chi connectivity index (χ2n) is 27.9. The van der Waals surface area contributed by atoms with Gasteiger partial charge < -0.3 is 108 Å².